The van der Waals surface area contributed by atoms with Crippen LogP contribution in [0.2, 0.25) is 0 Å². The Bertz CT molecular complexity index is 580. The Balaban J connectivity index is 0. The van der Waals surface area contributed by atoms with E-state index in [-0.39, 0.29) is 18.5 Å². The van der Waals surface area contributed by atoms with E-state index in [9.17, 15) is 14.7 Å². The zero-order valence-electron chi connectivity index (χ0n) is 31.0. The molecule has 8 nitrogen and oxygen atoms in total. The highest BCUT2D eigenvalue weighted by molar-refractivity contribution is 5.70. The van der Waals surface area contributed by atoms with Crippen LogP contribution in [-0.4, -0.2) is 98.2 Å². The van der Waals surface area contributed by atoms with E-state index < -0.39 is 0 Å². The van der Waals surface area contributed by atoms with Crippen molar-refractivity contribution >= 4 is 11.9 Å². The van der Waals surface area contributed by atoms with Crippen LogP contribution in [0.1, 0.15) is 168 Å². The molecule has 0 rings (SSSR count). The average Bonchev–Trinajstić information content (AvgIpc) is 3.07. The summed E-state index contributed by atoms with van der Waals surface area (Å²) in [5, 5.41) is 16.3. The number of unbranched alkanes of at least 4 members (excludes halogenated alkanes) is 18. The van der Waals surface area contributed by atoms with E-state index >= 15 is 0 Å². The molecule has 2 N–H and O–H groups in total. The third-order valence-electron chi connectivity index (χ3n) is 8.60. The van der Waals surface area contributed by atoms with Gasteiger partial charge in [-0.1, -0.05) is 136 Å². The van der Waals surface area contributed by atoms with Gasteiger partial charge in [-0.05, 0) is 38.9 Å². The first-order valence-electron chi connectivity index (χ1n) is 19.4. The first-order chi connectivity index (χ1) is 22.6. The van der Waals surface area contributed by atoms with Gasteiger partial charge in [-0.25, -0.2) is 0 Å². The van der Waals surface area contributed by atoms with Crippen LogP contribution in [0.4, 0.5) is 0 Å². The maximum absolute atomic E-state index is 12.4. The highest BCUT2D eigenvalue weighted by Crippen LogP contribution is 2.12. The second kappa shape index (κ2) is 40.0. The first kappa shape index (κ1) is 46.9. The summed E-state index contributed by atoms with van der Waals surface area (Å²) < 4.78 is 11.0. The van der Waals surface area contributed by atoms with Gasteiger partial charge in [0.2, 0.25) is 0 Å². The van der Waals surface area contributed by atoms with Gasteiger partial charge in [-0.15, -0.1) is 0 Å². The number of aliphatic hydroxyl groups is 2. The van der Waals surface area contributed by atoms with Crippen LogP contribution >= 0.6 is 0 Å². The van der Waals surface area contributed by atoms with Gasteiger partial charge in [0.05, 0.1) is 32.7 Å². The van der Waals surface area contributed by atoms with Crippen molar-refractivity contribution in [3.8, 4) is 0 Å². The van der Waals surface area contributed by atoms with E-state index in [1.165, 1.54) is 103 Å². The zero-order chi connectivity index (χ0) is 34.4. The fourth-order valence-corrected chi connectivity index (χ4v) is 5.62. The number of ether oxygens (including phenoxy) is 2. The topological polar surface area (TPSA) is 99.5 Å². The van der Waals surface area contributed by atoms with Gasteiger partial charge in [-0.2, -0.15) is 0 Å². The summed E-state index contributed by atoms with van der Waals surface area (Å²) in [5.41, 5.74) is 0. The van der Waals surface area contributed by atoms with Crippen LogP contribution < -0.4 is 0 Å². The summed E-state index contributed by atoms with van der Waals surface area (Å²) in [7, 11) is 1.00. The lowest BCUT2D eigenvalue weighted by Crippen LogP contribution is -2.34. The smallest absolute Gasteiger partial charge is 0.307 e. The Morgan fingerprint density at radius 1 is 0.457 bits per heavy atom. The van der Waals surface area contributed by atoms with Crippen LogP contribution in [0, 0.1) is 0 Å². The highest BCUT2D eigenvalue weighted by atomic mass is 16.5. The summed E-state index contributed by atoms with van der Waals surface area (Å²) in [6, 6.07) is 0. The van der Waals surface area contributed by atoms with E-state index in [4.69, 9.17) is 14.6 Å². The number of hydrogen-bond donors (Lipinski definition) is 2. The van der Waals surface area contributed by atoms with E-state index in [1.54, 1.807) is 0 Å². The fraction of sp³-hybridized carbons (Fsp3) is 0.947. The maximum atomic E-state index is 12.4. The Labute approximate surface area is 285 Å². The zero-order valence-corrected chi connectivity index (χ0v) is 31.0. The molecule has 46 heavy (non-hydrogen) atoms. The van der Waals surface area contributed by atoms with Crippen molar-refractivity contribution in [3.05, 3.63) is 0 Å². The molecule has 0 aliphatic carbocycles. The number of carbonyl (C=O) groups is 2. The van der Waals surface area contributed by atoms with Gasteiger partial charge in [0.15, 0.2) is 0 Å². The van der Waals surface area contributed by atoms with E-state index in [0.717, 1.165) is 58.8 Å². The van der Waals surface area contributed by atoms with Crippen LogP contribution in [-0.2, 0) is 19.1 Å². The molecule has 276 valence electrons. The monoisotopic (exact) mass is 659 g/mol. The SMILES string of the molecule is CCCCCCCCCCCCOC(=O)CCN(CCCN(CC)CCO)CCC(=O)OCCCCCCCCCCCC.CO. The Morgan fingerprint density at radius 2 is 0.804 bits per heavy atom. The standard InChI is InChI=1S/C37H74N2O5.CH4O/c1-4-7-9-11-13-15-17-19-21-23-34-43-36(41)26-30-39(29-25-28-38(6-3)32-33-40)31-27-37(42)44-35-24-22-20-18-16-14-12-10-8-5-2;1-2/h40H,4-35H2,1-3H3;2H,1H3. The number of likely N-dealkylation sites (N-methyl/N-ethyl adjacent to an activating group) is 1. The molecular weight excluding hydrogens is 580 g/mol. The molecule has 0 aliphatic heterocycles. The number of nitrogens with zero attached hydrogens (tertiary/aromatic N) is 2. The number of hydrogen-bond acceptors (Lipinski definition) is 8. The number of esters is 2. The molecule has 0 bridgehead atoms. The van der Waals surface area contributed by atoms with Crippen LogP contribution in [0.5, 0.6) is 0 Å². The third kappa shape index (κ3) is 35.6. The van der Waals surface area contributed by atoms with Crippen molar-refractivity contribution in [3.63, 3.8) is 0 Å². The lowest BCUT2D eigenvalue weighted by Gasteiger charge is -2.24. The molecule has 0 aromatic carbocycles. The molecule has 0 fully saturated rings. The van der Waals surface area contributed by atoms with Gasteiger partial charge >= 0.3 is 11.9 Å². The molecular formula is C38H78N2O6. The third-order valence-corrected chi connectivity index (χ3v) is 8.60. The van der Waals surface area contributed by atoms with Crippen LogP contribution in [0.3, 0.4) is 0 Å². The van der Waals surface area contributed by atoms with Crippen molar-refractivity contribution in [1.29, 1.82) is 0 Å². The van der Waals surface area contributed by atoms with Gasteiger partial charge in [0.25, 0.3) is 0 Å². The van der Waals surface area contributed by atoms with Crippen LogP contribution in [0.25, 0.3) is 0 Å². The Morgan fingerprint density at radius 3 is 1.15 bits per heavy atom. The predicted octanol–water partition coefficient (Wildman–Crippen LogP) is 8.31. The number of carbonyl (C=O) groups excluding carboxylic acids is 2. The highest BCUT2D eigenvalue weighted by Gasteiger charge is 2.13. The molecule has 8 heteroatoms. The van der Waals surface area contributed by atoms with Crippen molar-refractivity contribution in [2.75, 3.05) is 66.2 Å². The van der Waals surface area contributed by atoms with Crippen LogP contribution in [0.15, 0.2) is 0 Å². The van der Waals surface area contributed by atoms with Gasteiger partial charge in [-0.3, -0.25) is 9.59 Å². The van der Waals surface area contributed by atoms with Crippen molar-refractivity contribution in [2.24, 2.45) is 0 Å². The van der Waals surface area contributed by atoms with Crippen molar-refractivity contribution < 1.29 is 29.3 Å². The Hall–Kier alpha value is -1.22. The summed E-state index contributed by atoms with van der Waals surface area (Å²) in [6.45, 7) is 12.2. The van der Waals surface area contributed by atoms with Gasteiger partial charge in [0.1, 0.15) is 0 Å². The van der Waals surface area contributed by atoms with Gasteiger partial charge < -0.3 is 29.5 Å². The minimum atomic E-state index is -0.148. The molecule has 0 unspecified atom stereocenters. The second-order valence-electron chi connectivity index (χ2n) is 12.7. The average molecular weight is 659 g/mol. The molecule has 0 amide bonds. The Kier molecular flexibility index (Phi) is 40.7. The van der Waals surface area contributed by atoms with E-state index in [1.807, 2.05) is 0 Å². The summed E-state index contributed by atoms with van der Waals surface area (Å²) in [6.07, 6.45) is 26.9. The summed E-state index contributed by atoms with van der Waals surface area (Å²) in [5.74, 6) is -0.296. The molecule has 0 radical (unpaired) electrons. The quantitative estimate of drug-likeness (QED) is 0.0518. The second-order valence-corrected chi connectivity index (χ2v) is 12.7. The lowest BCUT2D eigenvalue weighted by molar-refractivity contribution is -0.144. The molecule has 0 saturated heterocycles. The minimum Gasteiger partial charge on any atom is -0.466 e. The number of rotatable bonds is 35. The largest absolute Gasteiger partial charge is 0.466 e. The van der Waals surface area contributed by atoms with Gasteiger partial charge in [0, 0.05) is 26.7 Å². The molecule has 0 saturated carbocycles. The molecule has 0 heterocycles. The minimum absolute atomic E-state index is 0.148. The maximum Gasteiger partial charge on any atom is 0.307 e. The molecule has 0 aromatic heterocycles. The first-order valence-corrected chi connectivity index (χ1v) is 19.4. The molecule has 0 atom stereocenters. The van der Waals surface area contributed by atoms with Crippen molar-refractivity contribution in [1.82, 2.24) is 9.80 Å². The summed E-state index contributed by atoms with van der Waals surface area (Å²) in [4.78, 5) is 29.2. The normalized spacial score (nSPS) is 11.1. The predicted molar refractivity (Wildman–Crippen MR) is 193 cm³/mol. The number of aliphatic hydroxyl groups excluding tert-OH is 2. The van der Waals surface area contributed by atoms with E-state index in [2.05, 4.69) is 30.6 Å². The molecule has 0 spiro atoms. The van der Waals surface area contributed by atoms with E-state index in [0.29, 0.717) is 45.7 Å². The van der Waals surface area contributed by atoms with Crippen molar-refractivity contribution in [2.45, 2.75) is 168 Å². The molecule has 0 aliphatic rings. The fourth-order valence-electron chi connectivity index (χ4n) is 5.62. The summed E-state index contributed by atoms with van der Waals surface area (Å²) >= 11 is 0. The lowest BCUT2D eigenvalue weighted by atomic mass is 10.1. The molecule has 0 aromatic rings.